The van der Waals surface area contributed by atoms with Crippen LogP contribution in [0.15, 0.2) is 48.5 Å². The number of carbonyl (C=O) groups excluding carboxylic acids is 2. The first kappa shape index (κ1) is 16.2. The summed E-state index contributed by atoms with van der Waals surface area (Å²) in [6.07, 6.45) is 0.271. The Morgan fingerprint density at radius 1 is 1.12 bits per heavy atom. The highest BCUT2D eigenvalue weighted by molar-refractivity contribution is 6.00. The lowest BCUT2D eigenvalue weighted by Gasteiger charge is -2.17. The van der Waals surface area contributed by atoms with Crippen LogP contribution < -0.4 is 10.2 Å². The fraction of sp³-hybridized carbons (Fsp3) is 0.300. The van der Waals surface area contributed by atoms with Crippen LogP contribution in [0.1, 0.15) is 23.1 Å². The standard InChI is InChI=1S/C20H22N2O2/c1-14-7-9-18(10-8-14)22-13-17(11-19(22)23)20(24)21-12-16-6-4-3-5-15(16)2/h3-10,17H,11-13H2,1-2H3,(H,21,24)/t17-/m1/s1. The van der Waals surface area contributed by atoms with Crippen molar-refractivity contribution in [3.8, 4) is 0 Å². The maximum absolute atomic E-state index is 12.4. The molecule has 1 aliphatic rings. The van der Waals surface area contributed by atoms with Gasteiger partial charge in [0.1, 0.15) is 0 Å². The Morgan fingerprint density at radius 2 is 1.83 bits per heavy atom. The first-order valence-electron chi connectivity index (χ1n) is 8.24. The number of carbonyl (C=O) groups is 2. The molecule has 0 unspecified atom stereocenters. The molecular weight excluding hydrogens is 300 g/mol. The van der Waals surface area contributed by atoms with Crippen molar-refractivity contribution in [1.29, 1.82) is 0 Å². The van der Waals surface area contributed by atoms with Gasteiger partial charge < -0.3 is 10.2 Å². The number of nitrogens with zero attached hydrogens (tertiary/aromatic N) is 1. The van der Waals surface area contributed by atoms with Gasteiger partial charge in [-0.05, 0) is 37.1 Å². The lowest BCUT2D eigenvalue weighted by atomic mass is 10.1. The zero-order valence-electron chi connectivity index (χ0n) is 14.1. The predicted octanol–water partition coefficient (Wildman–Crippen LogP) is 2.97. The monoisotopic (exact) mass is 322 g/mol. The first-order chi connectivity index (χ1) is 11.5. The van der Waals surface area contributed by atoms with Crippen molar-refractivity contribution in [3.63, 3.8) is 0 Å². The lowest BCUT2D eigenvalue weighted by Crippen LogP contribution is -2.32. The molecule has 0 aliphatic carbocycles. The summed E-state index contributed by atoms with van der Waals surface area (Å²) in [5.41, 5.74) is 4.27. The van der Waals surface area contributed by atoms with Crippen LogP contribution in [0.3, 0.4) is 0 Å². The van der Waals surface area contributed by atoms with Gasteiger partial charge in [-0.2, -0.15) is 0 Å². The number of rotatable bonds is 4. The maximum Gasteiger partial charge on any atom is 0.227 e. The van der Waals surface area contributed by atoms with Crippen LogP contribution in [0.5, 0.6) is 0 Å². The smallest absolute Gasteiger partial charge is 0.227 e. The molecule has 0 bridgehead atoms. The third-order valence-electron chi connectivity index (χ3n) is 4.56. The molecule has 4 heteroatoms. The molecule has 0 spiro atoms. The average Bonchev–Trinajstić information content (AvgIpc) is 2.96. The van der Waals surface area contributed by atoms with Gasteiger partial charge in [-0.3, -0.25) is 9.59 Å². The van der Waals surface area contributed by atoms with E-state index < -0.39 is 0 Å². The molecule has 2 aromatic carbocycles. The van der Waals surface area contributed by atoms with E-state index in [1.165, 1.54) is 0 Å². The van der Waals surface area contributed by atoms with Crippen LogP contribution >= 0.6 is 0 Å². The molecule has 24 heavy (non-hydrogen) atoms. The lowest BCUT2D eigenvalue weighted by molar-refractivity contribution is -0.126. The third-order valence-corrected chi connectivity index (χ3v) is 4.56. The van der Waals surface area contributed by atoms with Crippen LogP contribution in [-0.4, -0.2) is 18.4 Å². The van der Waals surface area contributed by atoms with Crippen LogP contribution in [-0.2, 0) is 16.1 Å². The second-order valence-electron chi connectivity index (χ2n) is 6.39. The van der Waals surface area contributed by atoms with E-state index in [0.717, 1.165) is 22.4 Å². The Balaban J connectivity index is 1.62. The number of hydrogen-bond donors (Lipinski definition) is 1. The zero-order valence-corrected chi connectivity index (χ0v) is 14.1. The highest BCUT2D eigenvalue weighted by atomic mass is 16.2. The molecule has 2 aromatic rings. The number of anilines is 1. The van der Waals surface area contributed by atoms with E-state index in [1.807, 2.05) is 62.4 Å². The molecule has 3 rings (SSSR count). The minimum Gasteiger partial charge on any atom is -0.352 e. The maximum atomic E-state index is 12.4. The van der Waals surface area contributed by atoms with Gasteiger partial charge in [0.15, 0.2) is 0 Å². The molecule has 1 saturated heterocycles. The Labute approximate surface area is 142 Å². The SMILES string of the molecule is Cc1ccc(N2C[C@H](C(=O)NCc3ccccc3C)CC2=O)cc1. The summed E-state index contributed by atoms with van der Waals surface area (Å²) >= 11 is 0. The van der Waals surface area contributed by atoms with Gasteiger partial charge in [-0.1, -0.05) is 42.0 Å². The first-order valence-corrected chi connectivity index (χ1v) is 8.24. The largest absolute Gasteiger partial charge is 0.352 e. The molecule has 1 atom stereocenters. The molecule has 124 valence electrons. The van der Waals surface area contributed by atoms with E-state index in [1.54, 1.807) is 4.90 Å². The van der Waals surface area contributed by atoms with Crippen molar-refractivity contribution in [2.75, 3.05) is 11.4 Å². The van der Waals surface area contributed by atoms with Crippen LogP contribution in [0.25, 0.3) is 0 Å². The van der Waals surface area contributed by atoms with E-state index in [-0.39, 0.29) is 24.2 Å². The minimum atomic E-state index is -0.289. The third kappa shape index (κ3) is 3.48. The fourth-order valence-electron chi connectivity index (χ4n) is 2.99. The van der Waals surface area contributed by atoms with E-state index in [9.17, 15) is 9.59 Å². The van der Waals surface area contributed by atoms with Gasteiger partial charge in [0.05, 0.1) is 5.92 Å². The second kappa shape index (κ2) is 6.87. The summed E-state index contributed by atoms with van der Waals surface area (Å²) in [5, 5.41) is 2.97. The van der Waals surface area contributed by atoms with Crippen molar-refractivity contribution in [2.24, 2.45) is 5.92 Å². The normalized spacial score (nSPS) is 17.2. The van der Waals surface area contributed by atoms with E-state index in [4.69, 9.17) is 0 Å². The van der Waals surface area contributed by atoms with E-state index >= 15 is 0 Å². The van der Waals surface area contributed by atoms with Gasteiger partial charge >= 0.3 is 0 Å². The average molecular weight is 322 g/mol. The van der Waals surface area contributed by atoms with Crippen molar-refractivity contribution in [2.45, 2.75) is 26.8 Å². The topological polar surface area (TPSA) is 49.4 Å². The summed E-state index contributed by atoms with van der Waals surface area (Å²) in [7, 11) is 0. The summed E-state index contributed by atoms with van der Waals surface area (Å²) in [6, 6.07) is 15.8. The van der Waals surface area contributed by atoms with Gasteiger partial charge in [0, 0.05) is 25.2 Å². The van der Waals surface area contributed by atoms with Crippen molar-refractivity contribution < 1.29 is 9.59 Å². The Hall–Kier alpha value is -2.62. The Morgan fingerprint density at radius 3 is 2.54 bits per heavy atom. The van der Waals surface area contributed by atoms with Gasteiger partial charge in [-0.15, -0.1) is 0 Å². The summed E-state index contributed by atoms with van der Waals surface area (Å²) in [5.74, 6) is -0.334. The zero-order chi connectivity index (χ0) is 17.1. The number of benzene rings is 2. The molecule has 0 aromatic heterocycles. The molecule has 4 nitrogen and oxygen atoms in total. The Bertz CT molecular complexity index is 752. The van der Waals surface area contributed by atoms with Crippen LogP contribution in [0.2, 0.25) is 0 Å². The van der Waals surface area contributed by atoms with Gasteiger partial charge in [-0.25, -0.2) is 0 Å². The molecule has 0 saturated carbocycles. The van der Waals surface area contributed by atoms with Crippen molar-refractivity contribution >= 4 is 17.5 Å². The molecule has 1 heterocycles. The van der Waals surface area contributed by atoms with E-state index in [2.05, 4.69) is 5.32 Å². The van der Waals surface area contributed by atoms with Crippen molar-refractivity contribution in [3.05, 3.63) is 65.2 Å². The number of amides is 2. The Kier molecular flexibility index (Phi) is 4.65. The quantitative estimate of drug-likeness (QED) is 0.941. The molecule has 1 N–H and O–H groups in total. The van der Waals surface area contributed by atoms with Crippen molar-refractivity contribution in [1.82, 2.24) is 5.32 Å². The number of nitrogens with one attached hydrogen (secondary N) is 1. The summed E-state index contributed by atoms with van der Waals surface area (Å²) < 4.78 is 0. The molecule has 1 fully saturated rings. The molecule has 0 radical (unpaired) electrons. The summed E-state index contributed by atoms with van der Waals surface area (Å²) in [6.45, 7) is 4.99. The highest BCUT2D eigenvalue weighted by Gasteiger charge is 2.34. The molecule has 1 aliphatic heterocycles. The van der Waals surface area contributed by atoms with Crippen LogP contribution in [0.4, 0.5) is 5.69 Å². The number of aryl methyl sites for hydroxylation is 2. The number of hydrogen-bond acceptors (Lipinski definition) is 2. The highest BCUT2D eigenvalue weighted by Crippen LogP contribution is 2.25. The predicted molar refractivity (Wildman–Crippen MR) is 94.7 cm³/mol. The van der Waals surface area contributed by atoms with E-state index in [0.29, 0.717) is 13.1 Å². The van der Waals surface area contributed by atoms with Gasteiger partial charge in [0.2, 0.25) is 11.8 Å². The summed E-state index contributed by atoms with van der Waals surface area (Å²) in [4.78, 5) is 26.4. The van der Waals surface area contributed by atoms with Gasteiger partial charge in [0.25, 0.3) is 0 Å². The minimum absolute atomic E-state index is 0.00916. The molecular formula is C20H22N2O2. The second-order valence-corrected chi connectivity index (χ2v) is 6.39. The fourth-order valence-corrected chi connectivity index (χ4v) is 2.99. The molecule has 2 amide bonds. The van der Waals surface area contributed by atoms with Crippen LogP contribution in [0, 0.1) is 19.8 Å².